The maximum Gasteiger partial charge on any atom is 0.243 e. The summed E-state index contributed by atoms with van der Waals surface area (Å²) in [4.78, 5) is 4.57. The van der Waals surface area contributed by atoms with Crippen molar-refractivity contribution in [1.29, 1.82) is 0 Å². The molecule has 0 aliphatic carbocycles. The molecule has 1 heterocycles. The highest BCUT2D eigenvalue weighted by Gasteiger charge is 2.23. The van der Waals surface area contributed by atoms with E-state index in [-0.39, 0.29) is 0 Å². The van der Waals surface area contributed by atoms with Crippen LogP contribution < -0.4 is 0 Å². The molecular formula is C33H44N2O2S. The molecule has 0 fully saturated rings. The monoisotopic (exact) mass is 532 g/mol. The van der Waals surface area contributed by atoms with Gasteiger partial charge in [0, 0.05) is 25.5 Å². The van der Waals surface area contributed by atoms with Crippen molar-refractivity contribution in [3.05, 3.63) is 108 Å². The van der Waals surface area contributed by atoms with Crippen molar-refractivity contribution in [1.82, 2.24) is 9.29 Å². The molecule has 4 nitrogen and oxygen atoms in total. The molecule has 3 rings (SSSR count). The third-order valence-corrected chi connectivity index (χ3v) is 8.92. The number of sulfonamides is 1. The van der Waals surface area contributed by atoms with Crippen molar-refractivity contribution in [3.63, 3.8) is 0 Å². The molecule has 0 aliphatic heterocycles. The molecule has 0 amide bonds. The van der Waals surface area contributed by atoms with E-state index in [4.69, 9.17) is 0 Å². The lowest BCUT2D eigenvalue weighted by atomic mass is 9.96. The van der Waals surface area contributed by atoms with Crippen molar-refractivity contribution in [2.75, 3.05) is 6.54 Å². The summed E-state index contributed by atoms with van der Waals surface area (Å²) in [6.45, 7) is 5.00. The SMILES string of the molecule is Cc1ccc(S(=O)(=O)N(C/C=C/CCCCCCCCCC(C)c2cccnc2)Cc2ccccc2)cc1. The number of nitrogens with zero attached hydrogens (tertiary/aromatic N) is 2. The van der Waals surface area contributed by atoms with Crippen LogP contribution in [-0.2, 0) is 16.6 Å². The minimum absolute atomic E-state index is 0.346. The van der Waals surface area contributed by atoms with E-state index in [9.17, 15) is 8.42 Å². The maximum atomic E-state index is 13.4. The van der Waals surface area contributed by atoms with Crippen LogP contribution in [0.15, 0.2) is 96.2 Å². The van der Waals surface area contributed by atoms with Gasteiger partial charge in [-0.15, -0.1) is 0 Å². The van der Waals surface area contributed by atoms with Gasteiger partial charge in [0.25, 0.3) is 0 Å². The van der Waals surface area contributed by atoms with Gasteiger partial charge in [-0.05, 0) is 61.4 Å². The van der Waals surface area contributed by atoms with E-state index in [0.717, 1.165) is 24.0 Å². The second-order valence-electron chi connectivity index (χ2n) is 10.3. The summed E-state index contributed by atoms with van der Waals surface area (Å²) in [5.74, 6) is 0.589. The summed E-state index contributed by atoms with van der Waals surface area (Å²) in [6.07, 6.45) is 19.0. The molecule has 3 aromatic rings. The first-order chi connectivity index (χ1) is 18.5. The molecule has 0 saturated heterocycles. The van der Waals surface area contributed by atoms with Gasteiger partial charge in [-0.25, -0.2) is 8.42 Å². The number of unbranched alkanes of at least 4 members (excludes halogenated alkanes) is 7. The highest BCUT2D eigenvalue weighted by atomic mass is 32.2. The Bertz CT molecular complexity index is 1180. The minimum atomic E-state index is -3.57. The van der Waals surface area contributed by atoms with Crippen molar-refractivity contribution in [2.45, 2.75) is 89.0 Å². The first-order valence-corrected chi connectivity index (χ1v) is 15.6. The van der Waals surface area contributed by atoms with Gasteiger partial charge in [0.05, 0.1) is 4.90 Å². The normalized spacial score (nSPS) is 12.8. The predicted octanol–water partition coefficient (Wildman–Crippen LogP) is 8.45. The first kappa shape index (κ1) is 29.8. The molecular weight excluding hydrogens is 488 g/mol. The topological polar surface area (TPSA) is 50.3 Å². The van der Waals surface area contributed by atoms with Crippen molar-refractivity contribution < 1.29 is 8.42 Å². The summed E-state index contributed by atoms with van der Waals surface area (Å²) in [5, 5.41) is 0. The number of hydrogen-bond acceptors (Lipinski definition) is 3. The lowest BCUT2D eigenvalue weighted by molar-refractivity contribution is 0.438. The second kappa shape index (κ2) is 16.3. The molecule has 2 aromatic carbocycles. The van der Waals surface area contributed by atoms with E-state index < -0.39 is 10.0 Å². The summed E-state index contributed by atoms with van der Waals surface area (Å²) in [6, 6.07) is 21.1. The Morgan fingerprint density at radius 1 is 0.816 bits per heavy atom. The molecule has 0 N–H and O–H groups in total. The molecule has 1 atom stereocenters. The molecule has 5 heteroatoms. The Hall–Kier alpha value is -2.76. The molecule has 1 aromatic heterocycles. The molecule has 0 radical (unpaired) electrons. The zero-order valence-electron chi connectivity index (χ0n) is 23.1. The van der Waals surface area contributed by atoms with Gasteiger partial charge >= 0.3 is 0 Å². The average molecular weight is 533 g/mol. The van der Waals surface area contributed by atoms with E-state index in [2.05, 4.69) is 24.1 Å². The quantitative estimate of drug-likeness (QED) is 0.129. The lowest BCUT2D eigenvalue weighted by Crippen LogP contribution is -2.31. The van der Waals surface area contributed by atoms with Crippen molar-refractivity contribution in [2.24, 2.45) is 0 Å². The van der Waals surface area contributed by atoms with Crippen molar-refractivity contribution in [3.8, 4) is 0 Å². The standard InChI is InChI=1S/C33H44N2O2S/c1-29-21-23-33(24-22-29)38(36,37)35(28-31-18-13-11-14-19-31)26-15-10-8-6-4-3-5-7-9-12-17-30(2)32-20-16-25-34-27-32/h10-11,13-16,18-25,27,30H,3-9,12,17,26,28H2,1-2H3/b15-10+. The van der Waals surface area contributed by atoms with Crippen LogP contribution in [-0.4, -0.2) is 24.3 Å². The highest BCUT2D eigenvalue weighted by molar-refractivity contribution is 7.89. The molecule has 204 valence electrons. The molecule has 0 aliphatic rings. The van der Waals surface area contributed by atoms with Crippen LogP contribution in [0.2, 0.25) is 0 Å². The highest BCUT2D eigenvalue weighted by Crippen LogP contribution is 2.22. The van der Waals surface area contributed by atoms with Gasteiger partial charge in [0.1, 0.15) is 0 Å². The number of allylic oxidation sites excluding steroid dienone is 1. The van der Waals surface area contributed by atoms with Crippen LogP contribution in [0.5, 0.6) is 0 Å². The van der Waals surface area contributed by atoms with Crippen molar-refractivity contribution >= 4 is 10.0 Å². The fraction of sp³-hybridized carbons (Fsp3) is 0.424. The van der Waals surface area contributed by atoms with E-state index in [1.54, 1.807) is 16.4 Å². The van der Waals surface area contributed by atoms with Crippen LogP contribution in [0.4, 0.5) is 0 Å². The Morgan fingerprint density at radius 3 is 2.18 bits per heavy atom. The number of pyridine rings is 1. The van der Waals surface area contributed by atoms with Gasteiger partial charge < -0.3 is 0 Å². The van der Waals surface area contributed by atoms with Crippen LogP contribution in [0.25, 0.3) is 0 Å². The number of benzene rings is 2. The largest absolute Gasteiger partial charge is 0.264 e. The zero-order chi connectivity index (χ0) is 27.1. The Balaban J connectivity index is 1.34. The molecule has 1 unspecified atom stereocenters. The van der Waals surface area contributed by atoms with E-state index >= 15 is 0 Å². The van der Waals surface area contributed by atoms with Gasteiger partial charge in [0.2, 0.25) is 10.0 Å². The Labute approximate surface area is 230 Å². The number of aryl methyl sites for hydroxylation is 1. The van der Waals surface area contributed by atoms with E-state index in [1.807, 2.05) is 73.9 Å². The molecule has 0 saturated carbocycles. The lowest BCUT2D eigenvalue weighted by Gasteiger charge is -2.21. The summed E-state index contributed by atoms with van der Waals surface area (Å²) in [7, 11) is -3.57. The Kier molecular flexibility index (Phi) is 12.7. The average Bonchev–Trinajstić information content (AvgIpc) is 2.94. The first-order valence-electron chi connectivity index (χ1n) is 14.1. The van der Waals surface area contributed by atoms with Crippen LogP contribution in [0.3, 0.4) is 0 Å². The maximum absolute atomic E-state index is 13.4. The van der Waals surface area contributed by atoms with Gasteiger partial charge in [-0.3, -0.25) is 4.98 Å². The summed E-state index contributed by atoms with van der Waals surface area (Å²) in [5.41, 5.74) is 3.38. The minimum Gasteiger partial charge on any atom is -0.264 e. The predicted molar refractivity (Wildman–Crippen MR) is 159 cm³/mol. The van der Waals surface area contributed by atoms with Crippen LogP contribution in [0, 0.1) is 6.92 Å². The van der Waals surface area contributed by atoms with Crippen LogP contribution in [0.1, 0.15) is 87.3 Å². The van der Waals surface area contributed by atoms with Gasteiger partial charge in [-0.2, -0.15) is 4.31 Å². The smallest absolute Gasteiger partial charge is 0.243 e. The molecule has 0 bridgehead atoms. The molecule has 0 spiro atoms. The zero-order valence-corrected chi connectivity index (χ0v) is 24.0. The summed E-state index contributed by atoms with van der Waals surface area (Å²) < 4.78 is 28.3. The van der Waals surface area contributed by atoms with E-state index in [0.29, 0.717) is 23.9 Å². The number of hydrogen-bond donors (Lipinski definition) is 0. The van der Waals surface area contributed by atoms with Crippen LogP contribution >= 0.6 is 0 Å². The fourth-order valence-electron chi connectivity index (χ4n) is 4.63. The van der Waals surface area contributed by atoms with Gasteiger partial charge in [0.15, 0.2) is 0 Å². The third kappa shape index (κ3) is 10.2. The van der Waals surface area contributed by atoms with Gasteiger partial charge in [-0.1, -0.05) is 112 Å². The number of rotatable bonds is 17. The third-order valence-electron chi connectivity index (χ3n) is 7.10. The Morgan fingerprint density at radius 2 is 1.50 bits per heavy atom. The number of aromatic nitrogens is 1. The molecule has 38 heavy (non-hydrogen) atoms. The second-order valence-corrected chi connectivity index (χ2v) is 12.2. The fourth-order valence-corrected chi connectivity index (χ4v) is 6.01. The summed E-state index contributed by atoms with van der Waals surface area (Å²) >= 11 is 0. The van der Waals surface area contributed by atoms with E-state index in [1.165, 1.54) is 50.5 Å².